The number of amides is 1. The van der Waals surface area contributed by atoms with Crippen LogP contribution in [0.2, 0.25) is 0 Å². The molecule has 1 amide bonds. The number of aryl methyl sites for hydroxylation is 1. The predicted octanol–water partition coefficient (Wildman–Crippen LogP) is 4.37. The molecular formula is C26H31N3O3S. The molecule has 1 atom stereocenters. The topological polar surface area (TPSA) is 91.1 Å². The molecule has 0 saturated carbocycles. The summed E-state index contributed by atoms with van der Waals surface area (Å²) in [5, 5.41) is 3.94. The van der Waals surface area contributed by atoms with Crippen LogP contribution in [0, 0.1) is 6.92 Å². The van der Waals surface area contributed by atoms with Crippen LogP contribution < -0.4 is 10.0 Å². The lowest BCUT2D eigenvalue weighted by molar-refractivity contribution is -0.122. The standard InChI is InChI=1S/C26H31N3O3S/c1-19-8-7-11-22(16-19)33(31,32)29-25(17-21-18-28-24-13-6-5-12-23(21)24)26(30)27-15-14-20-9-3-2-4-10-20/h5-9,11-13,16,18,25,28-29H,2-4,10,14-15,17H2,1H3,(H,27,30)/t25-/m1/s1. The van der Waals surface area contributed by atoms with Crippen molar-refractivity contribution in [2.75, 3.05) is 6.54 Å². The molecule has 0 aliphatic heterocycles. The van der Waals surface area contributed by atoms with Crippen molar-refractivity contribution in [2.45, 2.75) is 56.4 Å². The molecular weight excluding hydrogens is 434 g/mol. The predicted molar refractivity (Wildman–Crippen MR) is 131 cm³/mol. The lowest BCUT2D eigenvalue weighted by Gasteiger charge is -2.19. The second-order valence-electron chi connectivity index (χ2n) is 8.70. The Hall–Kier alpha value is -2.90. The van der Waals surface area contributed by atoms with E-state index in [-0.39, 0.29) is 17.2 Å². The Morgan fingerprint density at radius 3 is 2.76 bits per heavy atom. The highest BCUT2D eigenvalue weighted by molar-refractivity contribution is 7.89. The van der Waals surface area contributed by atoms with Crippen LogP contribution in [0.1, 0.15) is 43.2 Å². The quantitative estimate of drug-likeness (QED) is 0.410. The Morgan fingerprint density at radius 2 is 1.97 bits per heavy atom. The minimum atomic E-state index is -3.86. The summed E-state index contributed by atoms with van der Waals surface area (Å²) in [6.07, 6.45) is 9.76. The maximum atomic E-state index is 13.2. The van der Waals surface area contributed by atoms with Crippen LogP contribution in [0.4, 0.5) is 0 Å². The van der Waals surface area contributed by atoms with E-state index in [1.165, 1.54) is 18.4 Å². The number of hydrogen-bond donors (Lipinski definition) is 3. The first kappa shape index (κ1) is 23.3. The molecule has 3 aromatic rings. The smallest absolute Gasteiger partial charge is 0.241 e. The van der Waals surface area contributed by atoms with Crippen molar-refractivity contribution >= 4 is 26.8 Å². The van der Waals surface area contributed by atoms with Gasteiger partial charge in [-0.3, -0.25) is 4.79 Å². The number of hydrogen-bond acceptors (Lipinski definition) is 3. The van der Waals surface area contributed by atoms with E-state index >= 15 is 0 Å². The molecule has 4 rings (SSSR count). The van der Waals surface area contributed by atoms with Gasteiger partial charge < -0.3 is 10.3 Å². The van der Waals surface area contributed by atoms with Gasteiger partial charge in [-0.2, -0.15) is 4.72 Å². The second kappa shape index (κ2) is 10.4. The number of rotatable bonds is 9. The van der Waals surface area contributed by atoms with Crippen LogP contribution in [-0.4, -0.2) is 31.9 Å². The molecule has 0 unspecified atom stereocenters. The molecule has 1 aromatic heterocycles. The summed E-state index contributed by atoms with van der Waals surface area (Å²) in [4.78, 5) is 16.5. The average Bonchev–Trinajstić information content (AvgIpc) is 3.22. The monoisotopic (exact) mass is 465 g/mol. The van der Waals surface area contributed by atoms with Gasteiger partial charge in [0.2, 0.25) is 15.9 Å². The fraction of sp³-hybridized carbons (Fsp3) is 0.346. The minimum absolute atomic E-state index is 0.159. The number of fused-ring (bicyclic) bond motifs is 1. The highest BCUT2D eigenvalue weighted by Crippen LogP contribution is 2.21. The summed E-state index contributed by atoms with van der Waals surface area (Å²) in [6, 6.07) is 13.6. The molecule has 0 fully saturated rings. The first-order valence-electron chi connectivity index (χ1n) is 11.5. The third kappa shape index (κ3) is 5.92. The summed E-state index contributed by atoms with van der Waals surface area (Å²) >= 11 is 0. The number of para-hydroxylation sites is 1. The fourth-order valence-corrected chi connectivity index (χ4v) is 5.65. The van der Waals surface area contributed by atoms with Crippen LogP contribution >= 0.6 is 0 Å². The van der Waals surface area contributed by atoms with Crippen LogP contribution in [-0.2, 0) is 21.2 Å². The zero-order valence-electron chi connectivity index (χ0n) is 18.9. The van der Waals surface area contributed by atoms with Gasteiger partial charge in [0.15, 0.2) is 0 Å². The van der Waals surface area contributed by atoms with Crippen LogP contribution in [0.25, 0.3) is 10.9 Å². The molecule has 0 radical (unpaired) electrons. The third-order valence-corrected chi connectivity index (χ3v) is 7.61. The largest absolute Gasteiger partial charge is 0.361 e. The highest BCUT2D eigenvalue weighted by atomic mass is 32.2. The van der Waals surface area contributed by atoms with Gasteiger partial charge in [0.05, 0.1) is 4.90 Å². The lowest BCUT2D eigenvalue weighted by Crippen LogP contribution is -2.48. The number of nitrogens with one attached hydrogen (secondary N) is 3. The molecule has 1 aliphatic rings. The second-order valence-corrected chi connectivity index (χ2v) is 10.4. The number of H-pyrrole nitrogens is 1. The number of carbonyl (C=O) groups is 1. The summed E-state index contributed by atoms with van der Waals surface area (Å²) < 4.78 is 28.9. The summed E-state index contributed by atoms with van der Waals surface area (Å²) in [5.41, 5.74) is 4.07. The average molecular weight is 466 g/mol. The van der Waals surface area contributed by atoms with Gasteiger partial charge in [0.1, 0.15) is 6.04 Å². The molecule has 2 aromatic carbocycles. The van der Waals surface area contributed by atoms with Crippen molar-refractivity contribution in [1.29, 1.82) is 0 Å². The Bertz CT molecular complexity index is 1260. The van der Waals surface area contributed by atoms with E-state index in [2.05, 4.69) is 21.1 Å². The first-order valence-corrected chi connectivity index (χ1v) is 13.0. The molecule has 174 valence electrons. The van der Waals surface area contributed by atoms with Gasteiger partial charge in [-0.1, -0.05) is 42.0 Å². The first-order chi connectivity index (χ1) is 15.9. The Morgan fingerprint density at radius 1 is 1.12 bits per heavy atom. The van der Waals surface area contributed by atoms with Crippen molar-refractivity contribution in [3.05, 3.63) is 77.5 Å². The molecule has 3 N–H and O–H groups in total. The van der Waals surface area contributed by atoms with Gasteiger partial charge in [-0.05, 0) is 74.8 Å². The number of aromatic amines is 1. The van der Waals surface area contributed by atoms with Crippen molar-refractivity contribution in [1.82, 2.24) is 15.0 Å². The molecule has 1 aliphatic carbocycles. The molecule has 0 bridgehead atoms. The van der Waals surface area contributed by atoms with Crippen molar-refractivity contribution in [2.24, 2.45) is 0 Å². The highest BCUT2D eigenvalue weighted by Gasteiger charge is 2.27. The Balaban J connectivity index is 1.53. The maximum absolute atomic E-state index is 13.2. The van der Waals surface area contributed by atoms with E-state index in [0.29, 0.717) is 6.54 Å². The molecule has 7 heteroatoms. The van der Waals surface area contributed by atoms with Gasteiger partial charge >= 0.3 is 0 Å². The Kier molecular flexibility index (Phi) is 7.30. The maximum Gasteiger partial charge on any atom is 0.241 e. The van der Waals surface area contributed by atoms with E-state index in [9.17, 15) is 13.2 Å². The van der Waals surface area contributed by atoms with E-state index in [1.54, 1.807) is 18.2 Å². The van der Waals surface area contributed by atoms with Gasteiger partial charge in [-0.15, -0.1) is 0 Å². The number of sulfonamides is 1. The molecule has 1 heterocycles. The van der Waals surface area contributed by atoms with E-state index in [0.717, 1.165) is 41.3 Å². The van der Waals surface area contributed by atoms with Gasteiger partial charge in [0, 0.05) is 23.6 Å². The number of benzene rings is 2. The van der Waals surface area contributed by atoms with Gasteiger partial charge in [-0.25, -0.2) is 8.42 Å². The minimum Gasteiger partial charge on any atom is -0.361 e. The van der Waals surface area contributed by atoms with E-state index < -0.39 is 16.1 Å². The zero-order valence-corrected chi connectivity index (χ0v) is 19.8. The molecule has 0 spiro atoms. The van der Waals surface area contributed by atoms with Crippen LogP contribution in [0.15, 0.2) is 71.3 Å². The molecule has 0 saturated heterocycles. The summed E-state index contributed by atoms with van der Waals surface area (Å²) in [5.74, 6) is -0.312. The Labute approximate surface area is 195 Å². The van der Waals surface area contributed by atoms with Crippen LogP contribution in [0.3, 0.4) is 0 Å². The third-order valence-electron chi connectivity index (χ3n) is 6.14. The molecule has 6 nitrogen and oxygen atoms in total. The number of carbonyl (C=O) groups excluding carboxylic acids is 1. The van der Waals surface area contributed by atoms with Crippen LogP contribution in [0.5, 0.6) is 0 Å². The SMILES string of the molecule is Cc1cccc(S(=O)(=O)N[C@H](Cc2c[nH]c3ccccc23)C(=O)NCCC2=CCCCC2)c1. The van der Waals surface area contributed by atoms with Gasteiger partial charge in [0.25, 0.3) is 0 Å². The number of allylic oxidation sites excluding steroid dienone is 1. The fourth-order valence-electron chi connectivity index (χ4n) is 4.35. The number of aromatic nitrogens is 1. The zero-order chi connectivity index (χ0) is 23.3. The molecule has 33 heavy (non-hydrogen) atoms. The summed E-state index contributed by atoms with van der Waals surface area (Å²) in [7, 11) is -3.86. The van der Waals surface area contributed by atoms with E-state index in [4.69, 9.17) is 0 Å². The van der Waals surface area contributed by atoms with Crippen molar-refractivity contribution in [3.63, 3.8) is 0 Å². The van der Waals surface area contributed by atoms with Crippen molar-refractivity contribution < 1.29 is 13.2 Å². The van der Waals surface area contributed by atoms with Crippen molar-refractivity contribution in [3.8, 4) is 0 Å². The van der Waals surface area contributed by atoms with E-state index in [1.807, 2.05) is 43.5 Å². The normalized spacial score (nSPS) is 15.2. The lowest BCUT2D eigenvalue weighted by atomic mass is 9.97. The summed E-state index contributed by atoms with van der Waals surface area (Å²) in [6.45, 7) is 2.34.